The highest BCUT2D eigenvalue weighted by atomic mass is 16.5. The van der Waals surface area contributed by atoms with Crippen LogP contribution in [-0.2, 0) is 14.3 Å². The summed E-state index contributed by atoms with van der Waals surface area (Å²) in [5.41, 5.74) is 1.90. The van der Waals surface area contributed by atoms with Gasteiger partial charge in [0.05, 0.1) is 25.2 Å². The van der Waals surface area contributed by atoms with Crippen LogP contribution in [0.1, 0.15) is 42.9 Å². The highest BCUT2D eigenvalue weighted by Crippen LogP contribution is 2.44. The first-order chi connectivity index (χ1) is 12.5. The Labute approximate surface area is 153 Å². The quantitative estimate of drug-likeness (QED) is 0.878. The fourth-order valence-electron chi connectivity index (χ4n) is 4.30. The van der Waals surface area contributed by atoms with E-state index in [9.17, 15) is 9.59 Å². The van der Waals surface area contributed by atoms with Crippen molar-refractivity contribution >= 4 is 11.8 Å². The van der Waals surface area contributed by atoms with Crippen LogP contribution in [0.3, 0.4) is 0 Å². The lowest BCUT2D eigenvalue weighted by atomic mass is 9.81. The van der Waals surface area contributed by atoms with Crippen molar-refractivity contribution in [3.63, 3.8) is 0 Å². The maximum absolute atomic E-state index is 12.8. The van der Waals surface area contributed by atoms with Crippen LogP contribution in [0.25, 0.3) is 0 Å². The second kappa shape index (κ2) is 6.58. The molecule has 2 fully saturated rings. The molecule has 0 saturated carbocycles. The largest absolute Gasteiger partial charge is 0.487 e. The number of nitrogens with zero attached hydrogens (tertiary/aromatic N) is 1. The van der Waals surface area contributed by atoms with E-state index in [1.165, 1.54) is 0 Å². The number of carbonyl (C=O) groups excluding carboxylic acids is 2. The van der Waals surface area contributed by atoms with Gasteiger partial charge in [-0.05, 0) is 13.0 Å². The summed E-state index contributed by atoms with van der Waals surface area (Å²) >= 11 is 0. The Kier molecular flexibility index (Phi) is 4.39. The number of likely N-dealkylation sites (tertiary alicyclic amines) is 1. The van der Waals surface area contributed by atoms with E-state index < -0.39 is 0 Å². The molecule has 3 aliphatic heterocycles. The van der Waals surface area contributed by atoms with E-state index in [2.05, 4.69) is 11.4 Å². The molecule has 1 N–H and O–H groups in total. The lowest BCUT2D eigenvalue weighted by Gasteiger charge is -2.44. The summed E-state index contributed by atoms with van der Waals surface area (Å²) in [6.07, 6.45) is 2.70. The third-order valence-corrected chi connectivity index (χ3v) is 5.88. The van der Waals surface area contributed by atoms with E-state index in [4.69, 9.17) is 9.47 Å². The summed E-state index contributed by atoms with van der Waals surface area (Å²) in [7, 11) is 1.75. The lowest BCUT2D eigenvalue weighted by Crippen LogP contribution is -2.49. The van der Waals surface area contributed by atoms with Crippen LogP contribution < -0.4 is 10.1 Å². The van der Waals surface area contributed by atoms with Gasteiger partial charge in [0.25, 0.3) is 0 Å². The molecule has 140 valence electrons. The number of nitrogens with one attached hydrogen (secondary N) is 1. The van der Waals surface area contributed by atoms with Crippen LogP contribution in [0.2, 0.25) is 0 Å². The molecule has 3 heterocycles. The van der Waals surface area contributed by atoms with Crippen molar-refractivity contribution in [2.45, 2.75) is 44.2 Å². The van der Waals surface area contributed by atoms with Crippen LogP contribution in [0.5, 0.6) is 5.75 Å². The predicted octanol–water partition coefficient (Wildman–Crippen LogP) is 1.96. The van der Waals surface area contributed by atoms with Gasteiger partial charge in [0.15, 0.2) is 0 Å². The molecule has 1 aromatic carbocycles. The topological polar surface area (TPSA) is 67.9 Å². The Balaban J connectivity index is 1.58. The van der Waals surface area contributed by atoms with Crippen molar-refractivity contribution in [2.24, 2.45) is 5.92 Å². The highest BCUT2D eigenvalue weighted by Gasteiger charge is 2.43. The molecule has 2 amide bonds. The number of aryl methyl sites for hydroxylation is 1. The third-order valence-electron chi connectivity index (χ3n) is 5.88. The number of benzene rings is 1. The molecule has 6 heteroatoms. The fraction of sp³-hybridized carbons (Fsp3) is 0.600. The second-order valence-corrected chi connectivity index (χ2v) is 7.88. The molecule has 2 saturated heterocycles. The zero-order valence-corrected chi connectivity index (χ0v) is 15.4. The van der Waals surface area contributed by atoms with Crippen molar-refractivity contribution in [2.75, 3.05) is 26.8 Å². The summed E-state index contributed by atoms with van der Waals surface area (Å²) < 4.78 is 11.9. The molecule has 2 atom stereocenters. The first kappa shape index (κ1) is 17.3. The van der Waals surface area contributed by atoms with Gasteiger partial charge in [-0.3, -0.25) is 9.59 Å². The Morgan fingerprint density at radius 1 is 1.31 bits per heavy atom. The van der Waals surface area contributed by atoms with Gasteiger partial charge < -0.3 is 19.7 Å². The Bertz CT molecular complexity index is 727. The van der Waals surface area contributed by atoms with Gasteiger partial charge in [0, 0.05) is 44.8 Å². The second-order valence-electron chi connectivity index (χ2n) is 7.88. The number of hydrogen-bond donors (Lipinski definition) is 1. The minimum absolute atomic E-state index is 0.0364. The monoisotopic (exact) mass is 358 g/mol. The molecule has 1 aromatic rings. The number of rotatable bonds is 2. The van der Waals surface area contributed by atoms with Crippen molar-refractivity contribution in [3.8, 4) is 5.75 Å². The fourth-order valence-corrected chi connectivity index (χ4v) is 4.30. The van der Waals surface area contributed by atoms with Crippen LogP contribution in [-0.4, -0.2) is 49.1 Å². The molecule has 1 spiro atoms. The normalized spacial score (nSPS) is 27.2. The standard InChI is InChI=1S/C20H26N2O4/c1-13-3-4-17-15(9-13)16(11-20(26-17)5-7-25-8-6-20)21-19(24)14-10-18(23)22(2)12-14/h3-4,9,14,16H,5-8,10-12H2,1-2H3,(H,21,24)/t14-,16+/m1/s1. The first-order valence-corrected chi connectivity index (χ1v) is 9.37. The van der Waals surface area contributed by atoms with E-state index in [1.54, 1.807) is 11.9 Å². The lowest BCUT2D eigenvalue weighted by molar-refractivity contribution is -0.129. The van der Waals surface area contributed by atoms with Gasteiger partial charge >= 0.3 is 0 Å². The maximum Gasteiger partial charge on any atom is 0.225 e. The van der Waals surface area contributed by atoms with Crippen LogP contribution in [0.15, 0.2) is 18.2 Å². The molecule has 26 heavy (non-hydrogen) atoms. The van der Waals surface area contributed by atoms with Gasteiger partial charge in [-0.1, -0.05) is 17.7 Å². The van der Waals surface area contributed by atoms with Gasteiger partial charge in [0.2, 0.25) is 11.8 Å². The summed E-state index contributed by atoms with van der Waals surface area (Å²) in [5, 5.41) is 3.22. The van der Waals surface area contributed by atoms with E-state index >= 15 is 0 Å². The van der Waals surface area contributed by atoms with E-state index in [0.717, 1.165) is 36.1 Å². The van der Waals surface area contributed by atoms with Crippen molar-refractivity contribution in [1.29, 1.82) is 0 Å². The molecule has 6 nitrogen and oxygen atoms in total. The average molecular weight is 358 g/mol. The summed E-state index contributed by atoms with van der Waals surface area (Å²) in [4.78, 5) is 26.2. The van der Waals surface area contributed by atoms with Gasteiger partial charge in [-0.2, -0.15) is 0 Å². The van der Waals surface area contributed by atoms with Gasteiger partial charge in [-0.15, -0.1) is 0 Å². The number of ether oxygens (including phenoxy) is 2. The summed E-state index contributed by atoms with van der Waals surface area (Å²) in [6.45, 7) is 3.91. The Morgan fingerprint density at radius 3 is 2.77 bits per heavy atom. The van der Waals surface area contributed by atoms with Crippen LogP contribution in [0, 0.1) is 12.8 Å². The SMILES string of the molecule is Cc1ccc2c(c1)[C@@H](NC(=O)[C@@H]1CC(=O)N(C)C1)CC1(CCOCC1)O2. The summed E-state index contributed by atoms with van der Waals surface area (Å²) in [6, 6.07) is 6.05. The smallest absolute Gasteiger partial charge is 0.225 e. The van der Waals surface area contributed by atoms with Crippen molar-refractivity contribution < 1.29 is 19.1 Å². The molecule has 0 aliphatic carbocycles. The minimum Gasteiger partial charge on any atom is -0.487 e. The molecule has 0 bridgehead atoms. The molecule has 0 radical (unpaired) electrons. The molecule has 3 aliphatic rings. The Hall–Kier alpha value is -2.08. The van der Waals surface area contributed by atoms with E-state index in [0.29, 0.717) is 26.2 Å². The van der Waals surface area contributed by atoms with Crippen LogP contribution >= 0.6 is 0 Å². The summed E-state index contributed by atoms with van der Waals surface area (Å²) in [5.74, 6) is 0.585. The maximum atomic E-state index is 12.8. The zero-order chi connectivity index (χ0) is 18.3. The number of fused-ring (bicyclic) bond motifs is 1. The first-order valence-electron chi connectivity index (χ1n) is 9.37. The molecular formula is C20H26N2O4. The highest BCUT2D eigenvalue weighted by molar-refractivity contribution is 5.89. The average Bonchev–Trinajstić information content (AvgIpc) is 2.95. The number of hydrogen-bond acceptors (Lipinski definition) is 4. The van der Waals surface area contributed by atoms with Crippen LogP contribution in [0.4, 0.5) is 0 Å². The zero-order valence-electron chi connectivity index (χ0n) is 15.4. The molecule has 0 aromatic heterocycles. The van der Waals surface area contributed by atoms with Gasteiger partial charge in [0.1, 0.15) is 11.4 Å². The van der Waals surface area contributed by atoms with E-state index in [-0.39, 0.29) is 29.4 Å². The van der Waals surface area contributed by atoms with Gasteiger partial charge in [-0.25, -0.2) is 0 Å². The molecule has 4 rings (SSSR count). The predicted molar refractivity (Wildman–Crippen MR) is 95.8 cm³/mol. The number of amides is 2. The minimum atomic E-state index is -0.277. The van der Waals surface area contributed by atoms with E-state index in [1.807, 2.05) is 19.1 Å². The van der Waals surface area contributed by atoms with Crippen molar-refractivity contribution in [3.05, 3.63) is 29.3 Å². The molecular weight excluding hydrogens is 332 g/mol. The number of carbonyl (C=O) groups is 2. The van der Waals surface area contributed by atoms with Crippen molar-refractivity contribution in [1.82, 2.24) is 10.2 Å². The third kappa shape index (κ3) is 3.18. The Morgan fingerprint density at radius 2 is 2.08 bits per heavy atom. The molecule has 0 unspecified atom stereocenters.